The molecular formula is C17H23N3O2. The molecule has 22 heavy (non-hydrogen) atoms. The minimum Gasteiger partial charge on any atom is -0.480 e. The Balaban J connectivity index is 1.90. The first-order chi connectivity index (χ1) is 10.5. The number of nitrogens with zero attached hydrogens (tertiary/aromatic N) is 2. The van der Waals surface area contributed by atoms with Crippen LogP contribution in [0.3, 0.4) is 0 Å². The third kappa shape index (κ3) is 5.00. The predicted molar refractivity (Wildman–Crippen MR) is 85.5 cm³/mol. The normalized spacial score (nSPS) is 12.5. The van der Waals surface area contributed by atoms with Crippen LogP contribution >= 0.6 is 0 Å². The highest BCUT2D eigenvalue weighted by Crippen LogP contribution is 2.07. The molecule has 118 valence electrons. The molecule has 1 aromatic carbocycles. The molecule has 2 N–H and O–H groups in total. The van der Waals surface area contributed by atoms with E-state index in [2.05, 4.69) is 22.5 Å². The summed E-state index contributed by atoms with van der Waals surface area (Å²) >= 11 is 0. The van der Waals surface area contributed by atoms with E-state index in [0.717, 1.165) is 12.1 Å². The van der Waals surface area contributed by atoms with E-state index in [1.165, 1.54) is 5.56 Å². The number of carbonyl (C=O) groups is 1. The van der Waals surface area contributed by atoms with Crippen molar-refractivity contribution >= 4 is 5.97 Å². The number of carboxylic acid groups (broad SMARTS) is 1. The van der Waals surface area contributed by atoms with Crippen molar-refractivity contribution in [1.82, 2.24) is 15.1 Å². The summed E-state index contributed by atoms with van der Waals surface area (Å²) in [6.45, 7) is 5.28. The van der Waals surface area contributed by atoms with Gasteiger partial charge in [-0.3, -0.25) is 9.48 Å². The second-order valence-corrected chi connectivity index (χ2v) is 5.93. The quantitative estimate of drug-likeness (QED) is 0.786. The van der Waals surface area contributed by atoms with Gasteiger partial charge >= 0.3 is 5.97 Å². The van der Waals surface area contributed by atoms with E-state index in [1.54, 1.807) is 6.20 Å². The van der Waals surface area contributed by atoms with Crippen LogP contribution in [-0.2, 0) is 17.9 Å². The zero-order chi connectivity index (χ0) is 15.9. The van der Waals surface area contributed by atoms with Crippen molar-refractivity contribution < 1.29 is 9.90 Å². The third-order valence-electron chi connectivity index (χ3n) is 3.43. The number of aliphatic carboxylic acids is 1. The summed E-state index contributed by atoms with van der Waals surface area (Å²) in [6.07, 6.45) is 4.35. The van der Waals surface area contributed by atoms with E-state index in [0.29, 0.717) is 18.9 Å². The largest absolute Gasteiger partial charge is 0.480 e. The summed E-state index contributed by atoms with van der Waals surface area (Å²) in [6, 6.07) is 9.60. The summed E-state index contributed by atoms with van der Waals surface area (Å²) in [4.78, 5) is 11.2. The average molecular weight is 301 g/mol. The van der Waals surface area contributed by atoms with Crippen LogP contribution in [0.25, 0.3) is 0 Å². The minimum atomic E-state index is -0.801. The Bertz CT molecular complexity index is 593. The van der Waals surface area contributed by atoms with Crippen LogP contribution in [0.15, 0.2) is 42.7 Å². The lowest BCUT2D eigenvalue weighted by molar-refractivity contribution is -0.140. The van der Waals surface area contributed by atoms with Crippen molar-refractivity contribution in [2.45, 2.75) is 39.4 Å². The average Bonchev–Trinajstić information content (AvgIpc) is 2.91. The van der Waals surface area contributed by atoms with Crippen LogP contribution in [0.2, 0.25) is 0 Å². The minimum absolute atomic E-state index is 0.342. The molecule has 0 radical (unpaired) electrons. The lowest BCUT2D eigenvalue weighted by Gasteiger charge is -2.15. The van der Waals surface area contributed by atoms with Crippen LogP contribution in [-0.4, -0.2) is 26.9 Å². The molecule has 2 rings (SSSR count). The molecule has 5 nitrogen and oxygen atoms in total. The van der Waals surface area contributed by atoms with Gasteiger partial charge in [-0.15, -0.1) is 0 Å². The maximum absolute atomic E-state index is 11.2. The number of benzene rings is 1. The van der Waals surface area contributed by atoms with Gasteiger partial charge in [0.05, 0.1) is 12.7 Å². The molecule has 5 heteroatoms. The monoisotopic (exact) mass is 301 g/mol. The topological polar surface area (TPSA) is 67.2 Å². The molecule has 1 aromatic heterocycles. The summed E-state index contributed by atoms with van der Waals surface area (Å²) in [5, 5.41) is 16.6. The lowest BCUT2D eigenvalue weighted by Crippen LogP contribution is -2.37. The van der Waals surface area contributed by atoms with Crippen LogP contribution in [0.5, 0.6) is 0 Å². The van der Waals surface area contributed by atoms with Crippen LogP contribution in [0.1, 0.15) is 31.4 Å². The molecule has 0 saturated carbocycles. The second-order valence-electron chi connectivity index (χ2n) is 5.93. The van der Waals surface area contributed by atoms with Gasteiger partial charge in [-0.1, -0.05) is 44.2 Å². The first kappa shape index (κ1) is 16.2. The number of nitrogens with one attached hydrogen (secondary N) is 1. The first-order valence-electron chi connectivity index (χ1n) is 7.56. The zero-order valence-electron chi connectivity index (χ0n) is 13.1. The Morgan fingerprint density at radius 1 is 1.27 bits per heavy atom. The smallest absolute Gasteiger partial charge is 0.320 e. The van der Waals surface area contributed by atoms with E-state index < -0.39 is 12.0 Å². The first-order valence-corrected chi connectivity index (χ1v) is 7.56. The van der Waals surface area contributed by atoms with Crippen molar-refractivity contribution in [3.63, 3.8) is 0 Å². The van der Waals surface area contributed by atoms with Crippen molar-refractivity contribution in [3.8, 4) is 0 Å². The fraction of sp³-hybridized carbons (Fsp3) is 0.412. The maximum Gasteiger partial charge on any atom is 0.320 e. The van der Waals surface area contributed by atoms with Crippen LogP contribution in [0.4, 0.5) is 0 Å². The fourth-order valence-corrected chi connectivity index (χ4v) is 2.34. The molecule has 2 aromatic rings. The van der Waals surface area contributed by atoms with Gasteiger partial charge in [0.1, 0.15) is 6.04 Å². The highest BCUT2D eigenvalue weighted by atomic mass is 16.4. The Kier molecular flexibility index (Phi) is 5.72. The summed E-state index contributed by atoms with van der Waals surface area (Å²) in [5.74, 6) is -0.459. The standard InChI is InChI=1S/C17H23N3O2/c1-13(2)8-16(17(21)22)18-9-15-10-19-20(12-15)11-14-6-4-3-5-7-14/h3-7,10,12-13,16,18H,8-9,11H2,1-2H3,(H,21,22)/t16-/m1/s1. The lowest BCUT2D eigenvalue weighted by atomic mass is 10.0. The van der Waals surface area contributed by atoms with Crippen LogP contribution in [0, 0.1) is 5.92 Å². The Hall–Kier alpha value is -2.14. The van der Waals surface area contributed by atoms with Gasteiger partial charge in [0.2, 0.25) is 0 Å². The van der Waals surface area contributed by atoms with Gasteiger partial charge in [0, 0.05) is 18.3 Å². The number of aromatic nitrogens is 2. The van der Waals surface area contributed by atoms with E-state index in [1.807, 2.05) is 42.9 Å². The van der Waals surface area contributed by atoms with Gasteiger partial charge in [-0.2, -0.15) is 5.10 Å². The Labute approximate surface area is 131 Å². The van der Waals surface area contributed by atoms with Gasteiger partial charge in [0.15, 0.2) is 0 Å². The molecule has 1 heterocycles. The molecule has 1 atom stereocenters. The number of hydrogen-bond acceptors (Lipinski definition) is 3. The van der Waals surface area contributed by atoms with Crippen molar-refractivity contribution in [3.05, 3.63) is 53.9 Å². The molecule has 0 spiro atoms. The molecule has 0 aliphatic rings. The van der Waals surface area contributed by atoms with Gasteiger partial charge in [0.25, 0.3) is 0 Å². The highest BCUT2D eigenvalue weighted by molar-refractivity contribution is 5.73. The molecule has 0 aliphatic heterocycles. The number of carboxylic acids is 1. The van der Waals surface area contributed by atoms with Crippen molar-refractivity contribution in [2.75, 3.05) is 0 Å². The van der Waals surface area contributed by atoms with Gasteiger partial charge < -0.3 is 10.4 Å². The summed E-state index contributed by atoms with van der Waals surface area (Å²) < 4.78 is 1.87. The second kappa shape index (κ2) is 7.75. The highest BCUT2D eigenvalue weighted by Gasteiger charge is 2.18. The van der Waals surface area contributed by atoms with Crippen molar-refractivity contribution in [1.29, 1.82) is 0 Å². The number of rotatable bonds is 8. The summed E-state index contributed by atoms with van der Waals surface area (Å²) in [5.41, 5.74) is 2.18. The molecule has 0 amide bonds. The van der Waals surface area contributed by atoms with E-state index in [4.69, 9.17) is 0 Å². The molecule has 0 unspecified atom stereocenters. The maximum atomic E-state index is 11.2. The Morgan fingerprint density at radius 2 is 2.00 bits per heavy atom. The van der Waals surface area contributed by atoms with Crippen LogP contribution < -0.4 is 5.32 Å². The Morgan fingerprint density at radius 3 is 2.64 bits per heavy atom. The van der Waals surface area contributed by atoms with E-state index >= 15 is 0 Å². The molecule has 0 fully saturated rings. The van der Waals surface area contributed by atoms with Gasteiger partial charge in [-0.25, -0.2) is 0 Å². The molecular weight excluding hydrogens is 278 g/mol. The molecule has 0 saturated heterocycles. The number of hydrogen-bond donors (Lipinski definition) is 2. The summed E-state index contributed by atoms with van der Waals surface area (Å²) in [7, 11) is 0. The SMILES string of the molecule is CC(C)C[C@@H](NCc1cnn(Cc2ccccc2)c1)C(=O)O. The fourth-order valence-electron chi connectivity index (χ4n) is 2.34. The third-order valence-corrected chi connectivity index (χ3v) is 3.43. The zero-order valence-corrected chi connectivity index (χ0v) is 13.1. The predicted octanol–water partition coefficient (Wildman–Crippen LogP) is 2.52. The molecule has 0 aliphatic carbocycles. The van der Waals surface area contributed by atoms with E-state index in [-0.39, 0.29) is 0 Å². The van der Waals surface area contributed by atoms with E-state index in [9.17, 15) is 9.90 Å². The van der Waals surface area contributed by atoms with Gasteiger partial charge in [-0.05, 0) is 17.9 Å². The van der Waals surface area contributed by atoms with Crippen molar-refractivity contribution in [2.24, 2.45) is 5.92 Å². The molecule has 0 bridgehead atoms.